The number of para-hydroxylation sites is 1. The van der Waals surface area contributed by atoms with Crippen LogP contribution in [-0.4, -0.2) is 59.6 Å². The lowest BCUT2D eigenvalue weighted by molar-refractivity contribution is -0.254. The maximum absolute atomic E-state index is 13.4. The summed E-state index contributed by atoms with van der Waals surface area (Å²) in [6, 6.07) is 6.65. The molecule has 4 atom stereocenters. The number of benzene rings is 1. The summed E-state index contributed by atoms with van der Waals surface area (Å²) in [5, 5.41) is 12.3. The molecule has 1 N–H and O–H groups in total. The summed E-state index contributed by atoms with van der Waals surface area (Å²) in [5.74, 6) is -1.56. The Labute approximate surface area is 207 Å². The minimum absolute atomic E-state index is 0.112. The molecule has 0 spiro atoms. The highest BCUT2D eigenvalue weighted by Gasteiger charge is 2.67. The number of rotatable bonds is 5. The van der Waals surface area contributed by atoms with E-state index in [4.69, 9.17) is 4.74 Å². The lowest BCUT2D eigenvalue weighted by Gasteiger charge is -2.66. The van der Waals surface area contributed by atoms with Gasteiger partial charge in [-0.05, 0) is 50.8 Å². The molecule has 1 aromatic rings. The molecule has 2 aliphatic heterocycles. The first-order valence-corrected chi connectivity index (χ1v) is 13.0. The van der Waals surface area contributed by atoms with Gasteiger partial charge in [-0.3, -0.25) is 9.59 Å². The molecular formula is C28H36N2O5. The first-order valence-electron chi connectivity index (χ1n) is 13.0. The zero-order valence-electron chi connectivity index (χ0n) is 20.8. The number of esters is 1. The summed E-state index contributed by atoms with van der Waals surface area (Å²) < 4.78 is 5.99. The van der Waals surface area contributed by atoms with Crippen LogP contribution < -0.4 is 4.90 Å². The fraction of sp³-hybridized carbons (Fsp3) is 0.607. The molecular weight excluding hydrogens is 444 g/mol. The summed E-state index contributed by atoms with van der Waals surface area (Å²) in [6.07, 6.45) is 9.68. The largest absolute Gasteiger partial charge is 0.461 e. The number of amides is 2. The summed E-state index contributed by atoms with van der Waals surface area (Å²) >= 11 is 0. The van der Waals surface area contributed by atoms with Gasteiger partial charge in [0.05, 0.1) is 16.9 Å². The summed E-state index contributed by atoms with van der Waals surface area (Å²) in [7, 11) is 0. The third kappa shape index (κ3) is 3.66. The molecule has 2 saturated heterocycles. The molecule has 7 heteroatoms. The van der Waals surface area contributed by atoms with E-state index in [1.54, 1.807) is 31.2 Å². The van der Waals surface area contributed by atoms with Gasteiger partial charge in [0.2, 0.25) is 11.8 Å². The summed E-state index contributed by atoms with van der Waals surface area (Å²) in [4.78, 5) is 42.1. The van der Waals surface area contributed by atoms with Gasteiger partial charge in [0, 0.05) is 36.3 Å². The van der Waals surface area contributed by atoms with Crippen LogP contribution in [0.25, 0.3) is 0 Å². The van der Waals surface area contributed by atoms with E-state index in [1.807, 2.05) is 0 Å². The fourth-order valence-electron chi connectivity index (χ4n) is 7.27. The van der Waals surface area contributed by atoms with Crippen LogP contribution in [0.15, 0.2) is 36.4 Å². The molecule has 1 saturated carbocycles. The SMILES string of the molecule is CCN1C[C@@]23CCC=CC[C@]2(O)[C@](COC(=O)c2ccccc2N2C(=O)C[C@@H](C)C2=O)(CCC3)C1. The topological polar surface area (TPSA) is 87.2 Å². The Hall–Kier alpha value is -2.51. The molecule has 5 rings (SSSR count). The van der Waals surface area contributed by atoms with E-state index < -0.39 is 22.9 Å². The molecule has 35 heavy (non-hydrogen) atoms. The Morgan fingerprint density at radius 2 is 1.94 bits per heavy atom. The first kappa shape index (κ1) is 24.2. The zero-order chi connectivity index (χ0) is 24.8. The number of ether oxygens (including phenoxy) is 1. The van der Waals surface area contributed by atoms with Gasteiger partial charge >= 0.3 is 5.97 Å². The van der Waals surface area contributed by atoms with Gasteiger partial charge in [0.1, 0.15) is 6.61 Å². The van der Waals surface area contributed by atoms with Crippen molar-refractivity contribution in [3.63, 3.8) is 0 Å². The standard InChI is InChI=1S/C28H36N2O5/c1-3-29-17-26-12-7-4-8-15-28(26,34)27(18-29,14-9-13-26)19-35-25(33)21-10-5-6-11-22(21)30-23(31)16-20(2)24(30)32/h4-6,8,10-11,20,34H,3,7,9,12-19H2,1-2H3/t20-,26+,27-,28-/m1/s1. The Balaban J connectivity index is 1.44. The maximum Gasteiger partial charge on any atom is 0.340 e. The van der Waals surface area contributed by atoms with E-state index >= 15 is 0 Å². The van der Waals surface area contributed by atoms with Crippen molar-refractivity contribution in [1.29, 1.82) is 0 Å². The third-order valence-corrected chi connectivity index (χ3v) is 9.15. The summed E-state index contributed by atoms with van der Waals surface area (Å²) in [6.45, 7) is 6.43. The van der Waals surface area contributed by atoms with Crippen LogP contribution in [0.4, 0.5) is 5.69 Å². The minimum Gasteiger partial charge on any atom is -0.461 e. The number of likely N-dealkylation sites (tertiary alicyclic amines) is 1. The number of imide groups is 1. The number of anilines is 1. The van der Waals surface area contributed by atoms with Crippen molar-refractivity contribution in [2.45, 2.75) is 64.4 Å². The zero-order valence-corrected chi connectivity index (χ0v) is 20.8. The second-order valence-electron chi connectivity index (χ2n) is 11.1. The Bertz CT molecular complexity index is 1070. The maximum atomic E-state index is 13.4. The van der Waals surface area contributed by atoms with E-state index in [0.29, 0.717) is 13.0 Å². The lowest BCUT2D eigenvalue weighted by Crippen LogP contribution is -2.73. The van der Waals surface area contributed by atoms with Gasteiger partial charge in [-0.25, -0.2) is 9.69 Å². The first-order chi connectivity index (χ1) is 16.8. The average molecular weight is 481 g/mol. The highest BCUT2D eigenvalue weighted by Crippen LogP contribution is 2.62. The van der Waals surface area contributed by atoms with Gasteiger partial charge in [-0.1, -0.05) is 44.6 Å². The predicted molar refractivity (Wildman–Crippen MR) is 132 cm³/mol. The number of aliphatic hydroxyl groups is 1. The molecule has 4 aliphatic rings. The van der Waals surface area contributed by atoms with Crippen LogP contribution in [0, 0.1) is 16.7 Å². The van der Waals surface area contributed by atoms with E-state index in [-0.39, 0.29) is 41.5 Å². The number of piperidine rings is 1. The highest BCUT2D eigenvalue weighted by molar-refractivity contribution is 6.22. The quantitative estimate of drug-likeness (QED) is 0.393. The van der Waals surface area contributed by atoms with E-state index in [0.717, 1.165) is 50.1 Å². The van der Waals surface area contributed by atoms with Crippen molar-refractivity contribution in [2.24, 2.45) is 16.7 Å². The molecule has 2 aliphatic carbocycles. The lowest BCUT2D eigenvalue weighted by atomic mass is 9.47. The number of allylic oxidation sites excluding steroid dienone is 1. The van der Waals surface area contributed by atoms with E-state index in [2.05, 4.69) is 24.0 Å². The number of nitrogens with zero attached hydrogens (tertiary/aromatic N) is 2. The van der Waals surface area contributed by atoms with Crippen molar-refractivity contribution in [2.75, 3.05) is 31.1 Å². The van der Waals surface area contributed by atoms with Gasteiger partial charge in [-0.15, -0.1) is 0 Å². The van der Waals surface area contributed by atoms with Crippen LogP contribution in [-0.2, 0) is 14.3 Å². The molecule has 0 unspecified atom stereocenters. The molecule has 2 bridgehead atoms. The van der Waals surface area contributed by atoms with Crippen LogP contribution in [0.5, 0.6) is 0 Å². The number of carbonyl (C=O) groups excluding carboxylic acids is 3. The predicted octanol–water partition coefficient (Wildman–Crippen LogP) is 3.71. The van der Waals surface area contributed by atoms with Crippen molar-refractivity contribution in [3.8, 4) is 0 Å². The van der Waals surface area contributed by atoms with Crippen molar-refractivity contribution in [1.82, 2.24) is 4.90 Å². The molecule has 188 valence electrons. The Kier molecular flexibility index (Phi) is 6.12. The Morgan fingerprint density at radius 3 is 2.69 bits per heavy atom. The number of hydrogen-bond donors (Lipinski definition) is 1. The van der Waals surface area contributed by atoms with Gasteiger partial charge < -0.3 is 14.7 Å². The molecule has 0 radical (unpaired) electrons. The third-order valence-electron chi connectivity index (χ3n) is 9.15. The normalized spacial score (nSPS) is 35.1. The molecule has 7 nitrogen and oxygen atoms in total. The highest BCUT2D eigenvalue weighted by atomic mass is 16.5. The van der Waals surface area contributed by atoms with Crippen LogP contribution in [0.2, 0.25) is 0 Å². The number of hydrogen-bond acceptors (Lipinski definition) is 6. The second kappa shape index (κ2) is 8.86. The van der Waals surface area contributed by atoms with E-state index in [1.165, 1.54) is 0 Å². The van der Waals surface area contributed by atoms with E-state index in [9.17, 15) is 19.5 Å². The van der Waals surface area contributed by atoms with Gasteiger partial charge in [0.25, 0.3) is 0 Å². The average Bonchev–Trinajstić information content (AvgIpc) is 2.97. The molecule has 1 aromatic carbocycles. The summed E-state index contributed by atoms with van der Waals surface area (Å²) in [5.41, 5.74) is -1.22. The van der Waals surface area contributed by atoms with Gasteiger partial charge in [-0.2, -0.15) is 0 Å². The fourth-order valence-corrected chi connectivity index (χ4v) is 7.27. The molecule has 2 amide bonds. The molecule has 0 aromatic heterocycles. The van der Waals surface area contributed by atoms with Crippen LogP contribution in [0.3, 0.4) is 0 Å². The monoisotopic (exact) mass is 480 g/mol. The van der Waals surface area contributed by atoms with Crippen molar-refractivity contribution < 1.29 is 24.2 Å². The van der Waals surface area contributed by atoms with Gasteiger partial charge in [0.15, 0.2) is 0 Å². The minimum atomic E-state index is -0.937. The van der Waals surface area contributed by atoms with Crippen LogP contribution >= 0.6 is 0 Å². The van der Waals surface area contributed by atoms with Crippen molar-refractivity contribution >= 4 is 23.5 Å². The Morgan fingerprint density at radius 1 is 1.14 bits per heavy atom. The smallest absolute Gasteiger partial charge is 0.340 e. The molecule has 3 fully saturated rings. The number of carbonyl (C=O) groups is 3. The van der Waals surface area contributed by atoms with Crippen molar-refractivity contribution in [3.05, 3.63) is 42.0 Å². The second-order valence-corrected chi connectivity index (χ2v) is 11.1. The molecule has 2 heterocycles. The van der Waals surface area contributed by atoms with Crippen LogP contribution in [0.1, 0.15) is 69.2 Å².